The van der Waals surface area contributed by atoms with Crippen molar-refractivity contribution in [3.05, 3.63) is 83.7 Å². The molecule has 9 heteroatoms. The van der Waals surface area contributed by atoms with Crippen LogP contribution in [0.2, 0.25) is 0 Å². The zero-order valence-corrected chi connectivity index (χ0v) is 18.8. The molecule has 0 spiro atoms. The molecule has 3 aromatic rings. The molecule has 0 unspecified atom stereocenters. The number of amides is 1. The first kappa shape index (κ1) is 22.9. The van der Waals surface area contributed by atoms with Crippen molar-refractivity contribution in [2.24, 2.45) is 0 Å². The number of halogens is 1. The van der Waals surface area contributed by atoms with Gasteiger partial charge in [-0.1, -0.05) is 17.7 Å². The predicted molar refractivity (Wildman–Crippen MR) is 122 cm³/mol. The summed E-state index contributed by atoms with van der Waals surface area (Å²) >= 11 is 0. The van der Waals surface area contributed by atoms with Gasteiger partial charge in [-0.25, -0.2) is 12.8 Å². The molecule has 7 nitrogen and oxygen atoms in total. The van der Waals surface area contributed by atoms with Crippen LogP contribution in [0, 0.1) is 12.7 Å². The van der Waals surface area contributed by atoms with Gasteiger partial charge in [-0.2, -0.15) is 4.31 Å². The molecule has 1 heterocycles. The van der Waals surface area contributed by atoms with E-state index >= 15 is 0 Å². The van der Waals surface area contributed by atoms with E-state index in [1.54, 1.807) is 24.3 Å². The summed E-state index contributed by atoms with van der Waals surface area (Å²) in [6.07, 6.45) is 0. The lowest BCUT2D eigenvalue weighted by Gasteiger charge is -2.26. The van der Waals surface area contributed by atoms with Crippen LogP contribution in [0.3, 0.4) is 0 Å². The van der Waals surface area contributed by atoms with Gasteiger partial charge in [0.05, 0.1) is 23.7 Å². The number of hydrogen-bond donors (Lipinski definition) is 1. The van der Waals surface area contributed by atoms with E-state index in [-0.39, 0.29) is 36.8 Å². The molecule has 0 aliphatic carbocycles. The zero-order chi connectivity index (χ0) is 23.4. The number of benzene rings is 3. The lowest BCUT2D eigenvalue weighted by atomic mass is 10.2. The molecule has 4 rings (SSSR count). The zero-order valence-electron chi connectivity index (χ0n) is 18.0. The second-order valence-corrected chi connectivity index (χ2v) is 9.49. The average Bonchev–Trinajstić information content (AvgIpc) is 2.82. The third kappa shape index (κ3) is 5.39. The smallest absolute Gasteiger partial charge is 0.258 e. The minimum absolute atomic E-state index is 0.141. The number of aryl methyl sites for hydroxylation is 1. The van der Waals surface area contributed by atoms with Crippen molar-refractivity contribution < 1.29 is 27.1 Å². The summed E-state index contributed by atoms with van der Waals surface area (Å²) in [4.78, 5) is 12.5. The molecule has 1 aliphatic rings. The largest absolute Gasteiger partial charge is 0.457 e. The molecule has 33 heavy (non-hydrogen) atoms. The van der Waals surface area contributed by atoms with E-state index in [0.29, 0.717) is 17.2 Å². The van der Waals surface area contributed by atoms with Crippen LogP contribution in [0.5, 0.6) is 11.5 Å². The highest BCUT2D eigenvalue weighted by Crippen LogP contribution is 2.25. The van der Waals surface area contributed by atoms with Gasteiger partial charge in [0.25, 0.3) is 5.91 Å². The number of ether oxygens (including phenoxy) is 2. The molecule has 0 saturated carbocycles. The summed E-state index contributed by atoms with van der Waals surface area (Å²) in [7, 11) is -3.86. The first-order valence-electron chi connectivity index (χ1n) is 10.4. The molecule has 0 atom stereocenters. The first-order chi connectivity index (χ1) is 15.8. The van der Waals surface area contributed by atoms with E-state index in [1.807, 2.05) is 31.2 Å². The Kier molecular flexibility index (Phi) is 6.73. The normalized spacial score (nSPS) is 14.6. The number of sulfonamides is 1. The Labute approximate surface area is 191 Å². The molecular weight excluding hydrogens is 447 g/mol. The molecule has 0 aromatic heterocycles. The highest BCUT2D eigenvalue weighted by molar-refractivity contribution is 7.89. The van der Waals surface area contributed by atoms with E-state index in [9.17, 15) is 17.6 Å². The van der Waals surface area contributed by atoms with Gasteiger partial charge in [-0.3, -0.25) is 4.79 Å². The number of carbonyl (C=O) groups is 1. The number of nitrogens with zero attached hydrogens (tertiary/aromatic N) is 1. The Morgan fingerprint density at radius 2 is 1.58 bits per heavy atom. The van der Waals surface area contributed by atoms with Crippen molar-refractivity contribution >= 4 is 21.6 Å². The number of carbonyl (C=O) groups excluding carboxylic acids is 1. The number of anilines is 1. The van der Waals surface area contributed by atoms with Crippen LogP contribution in [0.15, 0.2) is 71.6 Å². The predicted octanol–water partition coefficient (Wildman–Crippen LogP) is 4.20. The van der Waals surface area contributed by atoms with E-state index in [1.165, 1.54) is 4.31 Å². The Bertz CT molecular complexity index is 1240. The maximum absolute atomic E-state index is 14.4. The second kappa shape index (κ2) is 9.70. The van der Waals surface area contributed by atoms with Crippen LogP contribution in [0.25, 0.3) is 0 Å². The number of hydrogen-bond acceptors (Lipinski definition) is 5. The molecule has 1 saturated heterocycles. The second-order valence-electron chi connectivity index (χ2n) is 7.55. The summed E-state index contributed by atoms with van der Waals surface area (Å²) in [6.45, 7) is 2.98. The van der Waals surface area contributed by atoms with Gasteiger partial charge in [0, 0.05) is 18.8 Å². The number of rotatable bonds is 6. The summed E-state index contributed by atoms with van der Waals surface area (Å²) in [5.74, 6) is -0.314. The lowest BCUT2D eigenvalue weighted by Crippen LogP contribution is -2.40. The van der Waals surface area contributed by atoms with Gasteiger partial charge in [-0.05, 0) is 61.5 Å². The first-order valence-corrected chi connectivity index (χ1v) is 11.8. The van der Waals surface area contributed by atoms with Crippen LogP contribution >= 0.6 is 0 Å². The quantitative estimate of drug-likeness (QED) is 0.584. The van der Waals surface area contributed by atoms with Crippen LogP contribution < -0.4 is 10.1 Å². The Morgan fingerprint density at radius 1 is 0.970 bits per heavy atom. The van der Waals surface area contributed by atoms with Crippen molar-refractivity contribution in [3.63, 3.8) is 0 Å². The number of morpholine rings is 1. The van der Waals surface area contributed by atoms with Gasteiger partial charge in [0.15, 0.2) is 0 Å². The van der Waals surface area contributed by atoms with Crippen LogP contribution in [-0.2, 0) is 14.8 Å². The third-order valence-corrected chi connectivity index (χ3v) is 7.05. The fraction of sp³-hybridized carbons (Fsp3) is 0.208. The summed E-state index contributed by atoms with van der Waals surface area (Å²) in [5, 5.41) is 2.59. The highest BCUT2D eigenvalue weighted by atomic mass is 32.2. The van der Waals surface area contributed by atoms with Gasteiger partial charge < -0.3 is 14.8 Å². The monoisotopic (exact) mass is 470 g/mol. The molecule has 0 bridgehead atoms. The minimum Gasteiger partial charge on any atom is -0.457 e. The van der Waals surface area contributed by atoms with Gasteiger partial charge in [0.2, 0.25) is 10.0 Å². The lowest BCUT2D eigenvalue weighted by molar-refractivity contribution is 0.0730. The standard InChI is InChI=1S/C24H23FN2O5S/c1-17-2-6-19(7-3-17)32-20-8-4-18(5-9-20)26-24(28)22-16-21(10-11-23(22)25)33(29,30)27-12-14-31-15-13-27/h2-11,16H,12-15H2,1H3,(H,26,28). The van der Waals surface area contributed by atoms with Crippen molar-refractivity contribution in [3.8, 4) is 11.5 Å². The molecule has 1 N–H and O–H groups in total. The Hall–Kier alpha value is -3.27. The molecule has 1 aliphatic heterocycles. The SMILES string of the molecule is Cc1ccc(Oc2ccc(NC(=O)c3cc(S(=O)(=O)N4CCOCC4)ccc3F)cc2)cc1. The summed E-state index contributed by atoms with van der Waals surface area (Å²) < 4.78 is 52.3. The maximum Gasteiger partial charge on any atom is 0.258 e. The topological polar surface area (TPSA) is 84.9 Å². The molecular formula is C24H23FN2O5S. The van der Waals surface area contributed by atoms with Gasteiger partial charge in [0.1, 0.15) is 17.3 Å². The third-order valence-electron chi connectivity index (χ3n) is 5.16. The highest BCUT2D eigenvalue weighted by Gasteiger charge is 2.28. The molecule has 1 amide bonds. The molecule has 0 radical (unpaired) electrons. The number of nitrogens with one attached hydrogen (secondary N) is 1. The molecule has 172 valence electrons. The van der Waals surface area contributed by atoms with Crippen LogP contribution in [0.4, 0.5) is 10.1 Å². The van der Waals surface area contributed by atoms with E-state index < -0.39 is 21.7 Å². The van der Waals surface area contributed by atoms with Crippen LogP contribution in [0.1, 0.15) is 15.9 Å². The van der Waals surface area contributed by atoms with Crippen molar-refractivity contribution in [1.82, 2.24) is 4.31 Å². The minimum atomic E-state index is -3.86. The Balaban J connectivity index is 1.48. The van der Waals surface area contributed by atoms with Gasteiger partial charge >= 0.3 is 0 Å². The summed E-state index contributed by atoms with van der Waals surface area (Å²) in [5.41, 5.74) is 1.18. The summed E-state index contributed by atoms with van der Waals surface area (Å²) in [6, 6.07) is 17.4. The van der Waals surface area contributed by atoms with E-state index in [2.05, 4.69) is 5.32 Å². The van der Waals surface area contributed by atoms with Crippen molar-refractivity contribution in [2.75, 3.05) is 31.6 Å². The van der Waals surface area contributed by atoms with Gasteiger partial charge in [-0.15, -0.1) is 0 Å². The fourth-order valence-corrected chi connectivity index (χ4v) is 4.76. The Morgan fingerprint density at radius 3 is 2.21 bits per heavy atom. The van der Waals surface area contributed by atoms with E-state index in [4.69, 9.17) is 9.47 Å². The van der Waals surface area contributed by atoms with Crippen molar-refractivity contribution in [1.29, 1.82) is 0 Å². The van der Waals surface area contributed by atoms with Crippen molar-refractivity contribution in [2.45, 2.75) is 11.8 Å². The molecule has 3 aromatic carbocycles. The van der Waals surface area contributed by atoms with Crippen LogP contribution in [-0.4, -0.2) is 44.9 Å². The molecule has 1 fully saturated rings. The maximum atomic E-state index is 14.4. The van der Waals surface area contributed by atoms with E-state index in [0.717, 1.165) is 23.8 Å². The average molecular weight is 471 g/mol. The fourth-order valence-electron chi connectivity index (χ4n) is 3.32.